The largest absolute Gasteiger partial charge is 0.481 e. The Morgan fingerprint density at radius 2 is 1.45 bits per heavy atom. The summed E-state index contributed by atoms with van der Waals surface area (Å²) < 4.78 is 10.9. The second kappa shape index (κ2) is 17.9. The van der Waals surface area contributed by atoms with E-state index in [0.717, 1.165) is 24.8 Å². The Bertz CT molecular complexity index is 1370. The van der Waals surface area contributed by atoms with Crippen molar-refractivity contribution in [3.63, 3.8) is 0 Å². The van der Waals surface area contributed by atoms with E-state index in [1.54, 1.807) is 18.2 Å². The smallest absolute Gasteiger partial charge is 0.341 e. The van der Waals surface area contributed by atoms with Crippen LogP contribution in [-0.4, -0.2) is 65.9 Å². The van der Waals surface area contributed by atoms with Crippen molar-refractivity contribution in [1.29, 1.82) is 0 Å². The molecule has 0 bridgehead atoms. The summed E-state index contributed by atoms with van der Waals surface area (Å²) in [5.74, 6) is -2.88. The predicted molar refractivity (Wildman–Crippen MR) is 164 cm³/mol. The number of para-hydroxylation sites is 1. The van der Waals surface area contributed by atoms with Crippen LogP contribution in [0.1, 0.15) is 47.7 Å². The average molecular weight is 606 g/mol. The molecule has 5 N–H and O–H groups in total. The van der Waals surface area contributed by atoms with Crippen molar-refractivity contribution in [1.82, 2.24) is 16.0 Å². The van der Waals surface area contributed by atoms with Gasteiger partial charge in [-0.15, -0.1) is 0 Å². The monoisotopic (exact) mass is 605 g/mol. The third-order valence-corrected chi connectivity index (χ3v) is 6.69. The first-order valence-corrected chi connectivity index (χ1v) is 14.5. The average Bonchev–Trinajstić information content (AvgIpc) is 3.02. The molecule has 0 unspecified atom stereocenters. The van der Waals surface area contributed by atoms with Gasteiger partial charge in [0.15, 0.2) is 6.61 Å². The van der Waals surface area contributed by atoms with Crippen molar-refractivity contribution < 1.29 is 38.9 Å². The fourth-order valence-electron chi connectivity index (χ4n) is 4.41. The van der Waals surface area contributed by atoms with Crippen molar-refractivity contribution in [2.24, 2.45) is 0 Å². The number of ether oxygens (including phenoxy) is 2. The molecule has 0 heterocycles. The van der Waals surface area contributed by atoms with Gasteiger partial charge in [-0.1, -0.05) is 74.4 Å². The Balaban J connectivity index is 1.80. The summed E-state index contributed by atoms with van der Waals surface area (Å²) in [7, 11) is 0. The van der Waals surface area contributed by atoms with E-state index in [4.69, 9.17) is 14.6 Å². The summed E-state index contributed by atoms with van der Waals surface area (Å²) >= 11 is 0. The molecule has 2 atom stereocenters. The summed E-state index contributed by atoms with van der Waals surface area (Å²) in [4.78, 5) is 49.8. The van der Waals surface area contributed by atoms with E-state index >= 15 is 0 Å². The number of hydrogen-bond acceptors (Lipinski definition) is 7. The maximum absolute atomic E-state index is 13.7. The Labute approximate surface area is 256 Å². The minimum Gasteiger partial charge on any atom is -0.481 e. The summed E-state index contributed by atoms with van der Waals surface area (Å²) in [5.41, 5.74) is 1.10. The van der Waals surface area contributed by atoms with Gasteiger partial charge in [-0.05, 0) is 48.2 Å². The minimum atomic E-state index is -1.32. The highest BCUT2D eigenvalue weighted by atomic mass is 16.5. The zero-order valence-corrected chi connectivity index (χ0v) is 24.7. The zero-order valence-electron chi connectivity index (χ0n) is 24.7. The lowest BCUT2D eigenvalue weighted by molar-refractivity contribution is -0.139. The topological polar surface area (TPSA) is 163 Å². The Hall–Kier alpha value is -4.90. The molecule has 0 saturated carbocycles. The number of nitrogens with one attached hydrogen (secondary N) is 3. The molecule has 3 aromatic rings. The van der Waals surface area contributed by atoms with Crippen LogP contribution >= 0.6 is 0 Å². The second-order valence-corrected chi connectivity index (χ2v) is 10.1. The van der Waals surface area contributed by atoms with Gasteiger partial charge in [-0.25, -0.2) is 9.59 Å². The van der Waals surface area contributed by atoms with Gasteiger partial charge in [0.25, 0.3) is 0 Å². The summed E-state index contributed by atoms with van der Waals surface area (Å²) in [6, 6.07) is 21.0. The molecule has 0 spiro atoms. The molecule has 3 aromatic carbocycles. The van der Waals surface area contributed by atoms with E-state index in [0.29, 0.717) is 24.3 Å². The van der Waals surface area contributed by atoms with Crippen LogP contribution in [0.15, 0.2) is 78.9 Å². The number of carboxylic acids is 2. The lowest BCUT2D eigenvalue weighted by atomic mass is 10.0. The van der Waals surface area contributed by atoms with Crippen LogP contribution in [-0.2, 0) is 27.2 Å². The number of carboxylic acid groups (broad SMARTS) is 2. The van der Waals surface area contributed by atoms with Gasteiger partial charge in [0.05, 0.1) is 6.04 Å². The number of hydrogen-bond donors (Lipinski definition) is 5. The molecule has 0 radical (unpaired) electrons. The van der Waals surface area contributed by atoms with Crippen molar-refractivity contribution in [3.8, 4) is 11.5 Å². The van der Waals surface area contributed by atoms with Crippen LogP contribution in [0.4, 0.5) is 0 Å². The van der Waals surface area contributed by atoms with Crippen molar-refractivity contribution >= 4 is 23.8 Å². The first kappa shape index (κ1) is 33.6. The molecule has 234 valence electrons. The van der Waals surface area contributed by atoms with Crippen LogP contribution in [0.5, 0.6) is 11.5 Å². The van der Waals surface area contributed by atoms with Crippen molar-refractivity contribution in [3.05, 3.63) is 95.6 Å². The van der Waals surface area contributed by atoms with E-state index in [-0.39, 0.29) is 24.5 Å². The Morgan fingerprint density at radius 1 is 0.773 bits per heavy atom. The van der Waals surface area contributed by atoms with Crippen LogP contribution in [0.3, 0.4) is 0 Å². The maximum Gasteiger partial charge on any atom is 0.341 e. The van der Waals surface area contributed by atoms with E-state index in [9.17, 15) is 24.3 Å². The van der Waals surface area contributed by atoms with Crippen molar-refractivity contribution in [2.45, 2.75) is 51.1 Å². The number of benzene rings is 3. The first-order valence-electron chi connectivity index (χ1n) is 14.5. The summed E-state index contributed by atoms with van der Waals surface area (Å²) in [6.07, 6.45) is 3.00. The molecule has 0 saturated heterocycles. The summed E-state index contributed by atoms with van der Waals surface area (Å²) in [6.45, 7) is 1.82. The van der Waals surface area contributed by atoms with E-state index in [2.05, 4.69) is 22.9 Å². The maximum atomic E-state index is 13.7. The molecular formula is C33H39N3O8. The van der Waals surface area contributed by atoms with E-state index in [1.807, 2.05) is 48.5 Å². The number of carbonyl (C=O) groups is 4. The lowest BCUT2D eigenvalue weighted by Crippen LogP contribution is -2.54. The van der Waals surface area contributed by atoms with Gasteiger partial charge in [0.1, 0.15) is 29.8 Å². The lowest BCUT2D eigenvalue weighted by Gasteiger charge is -2.24. The molecule has 3 rings (SSSR count). The van der Waals surface area contributed by atoms with Gasteiger partial charge < -0.3 is 30.3 Å². The number of rotatable bonds is 19. The van der Waals surface area contributed by atoms with Crippen molar-refractivity contribution in [2.75, 3.05) is 19.9 Å². The van der Waals surface area contributed by atoms with Gasteiger partial charge in [0.2, 0.25) is 11.8 Å². The highest BCUT2D eigenvalue weighted by Crippen LogP contribution is 2.21. The minimum absolute atomic E-state index is 0.0105. The number of carbonyl (C=O) groups excluding carboxylic acids is 2. The van der Waals surface area contributed by atoms with Crippen LogP contribution in [0.25, 0.3) is 0 Å². The first-order chi connectivity index (χ1) is 21.3. The highest BCUT2D eigenvalue weighted by Gasteiger charge is 2.27. The number of unbranched alkanes of at least 4 members (excludes halogenated alkanes) is 2. The van der Waals surface area contributed by atoms with Gasteiger partial charge in [-0.2, -0.15) is 0 Å². The standard InChI is InChI=1S/C33H39N3O8/c1-2-3-10-17-34-31(39)28(20-24-15-16-29(43-21-30(37)38)26(18-24)33(41)42)36-32(40)27(19-23-11-6-4-7-12-23)35-22-44-25-13-8-5-9-14-25/h4-9,11-16,18,27-28,35H,2-3,10,17,19-22H2,1H3,(H,34,39)(H,36,40)(H,37,38)(H,41,42)/t27-,28-/m0/s1. The molecule has 11 nitrogen and oxygen atoms in total. The second-order valence-electron chi connectivity index (χ2n) is 10.1. The third kappa shape index (κ3) is 11.4. The zero-order chi connectivity index (χ0) is 31.7. The Kier molecular flexibility index (Phi) is 13.7. The molecule has 0 fully saturated rings. The van der Waals surface area contributed by atoms with Gasteiger partial charge in [0, 0.05) is 13.0 Å². The fourth-order valence-corrected chi connectivity index (χ4v) is 4.41. The number of amides is 2. The van der Waals surface area contributed by atoms with Crippen LogP contribution in [0, 0.1) is 0 Å². The highest BCUT2D eigenvalue weighted by molar-refractivity contribution is 5.92. The molecular weight excluding hydrogens is 566 g/mol. The van der Waals surface area contributed by atoms with Gasteiger partial charge in [-0.3, -0.25) is 14.9 Å². The molecule has 2 amide bonds. The quantitative estimate of drug-likeness (QED) is 0.102. The molecule has 11 heteroatoms. The van der Waals surface area contributed by atoms with E-state index in [1.165, 1.54) is 12.1 Å². The number of aliphatic carboxylic acids is 1. The van der Waals surface area contributed by atoms with E-state index < -0.39 is 42.4 Å². The molecule has 44 heavy (non-hydrogen) atoms. The fraction of sp³-hybridized carbons (Fsp3) is 0.333. The number of aromatic carboxylic acids is 1. The van der Waals surface area contributed by atoms with Gasteiger partial charge >= 0.3 is 11.9 Å². The molecule has 0 aliphatic heterocycles. The molecule has 0 aliphatic rings. The summed E-state index contributed by atoms with van der Waals surface area (Å²) in [5, 5.41) is 27.5. The molecule has 0 aromatic heterocycles. The predicted octanol–water partition coefficient (Wildman–Crippen LogP) is 3.42. The molecule has 0 aliphatic carbocycles. The SMILES string of the molecule is CCCCCNC(=O)[C@H](Cc1ccc(OCC(=O)O)c(C(=O)O)c1)NC(=O)[C@H](Cc1ccccc1)NCOc1ccccc1. The third-order valence-electron chi connectivity index (χ3n) is 6.69. The normalized spacial score (nSPS) is 12.0. The Morgan fingerprint density at radius 3 is 2.11 bits per heavy atom. The van der Waals surface area contributed by atoms with Crippen LogP contribution in [0.2, 0.25) is 0 Å². The van der Waals surface area contributed by atoms with Crippen LogP contribution < -0.4 is 25.4 Å².